The minimum atomic E-state index is -0.0477. The Labute approximate surface area is 124 Å². The van der Waals surface area contributed by atoms with Crippen molar-refractivity contribution < 1.29 is 4.79 Å². The summed E-state index contributed by atoms with van der Waals surface area (Å²) in [7, 11) is 0. The van der Waals surface area contributed by atoms with Gasteiger partial charge >= 0.3 is 0 Å². The Bertz CT molecular complexity index is 785. The molecule has 0 unspecified atom stereocenters. The summed E-state index contributed by atoms with van der Waals surface area (Å²) in [6.45, 7) is 4.47. The Morgan fingerprint density at radius 2 is 1.86 bits per heavy atom. The highest BCUT2D eigenvalue weighted by Crippen LogP contribution is 2.21. The highest BCUT2D eigenvalue weighted by atomic mass is 16.1. The molecule has 106 valence electrons. The van der Waals surface area contributed by atoms with Crippen molar-refractivity contribution in [2.75, 3.05) is 5.32 Å². The molecule has 0 atom stereocenters. The van der Waals surface area contributed by atoms with Gasteiger partial charge in [-0.1, -0.05) is 29.8 Å². The second-order valence-electron chi connectivity index (χ2n) is 5.38. The summed E-state index contributed by atoms with van der Waals surface area (Å²) < 4.78 is 2.22. The first-order valence-corrected chi connectivity index (χ1v) is 7.04. The maximum atomic E-state index is 11.1. The van der Waals surface area contributed by atoms with Crippen molar-refractivity contribution in [2.24, 2.45) is 0 Å². The van der Waals surface area contributed by atoms with E-state index in [1.165, 1.54) is 23.6 Å². The molecule has 0 spiro atoms. The van der Waals surface area contributed by atoms with E-state index < -0.39 is 0 Å². The largest absolute Gasteiger partial charge is 0.343 e. The number of rotatable bonds is 3. The van der Waals surface area contributed by atoms with Crippen molar-refractivity contribution in [1.29, 1.82) is 0 Å². The topological polar surface area (TPSA) is 34.0 Å². The number of hydrogen-bond acceptors (Lipinski definition) is 1. The third kappa shape index (κ3) is 2.97. The van der Waals surface area contributed by atoms with Crippen LogP contribution in [0.2, 0.25) is 0 Å². The minimum Gasteiger partial charge on any atom is -0.343 e. The fourth-order valence-electron chi connectivity index (χ4n) is 2.51. The summed E-state index contributed by atoms with van der Waals surface area (Å²) in [5.74, 6) is -0.0477. The number of amides is 1. The molecule has 0 saturated carbocycles. The molecule has 0 saturated heterocycles. The first-order valence-electron chi connectivity index (χ1n) is 7.04. The van der Waals surface area contributed by atoms with E-state index in [1.54, 1.807) is 0 Å². The number of nitrogens with zero attached hydrogens (tertiary/aromatic N) is 1. The Kier molecular flexibility index (Phi) is 3.48. The van der Waals surface area contributed by atoms with Crippen molar-refractivity contribution in [1.82, 2.24) is 4.57 Å². The number of benzene rings is 2. The molecule has 0 radical (unpaired) electrons. The molecular weight excluding hydrogens is 260 g/mol. The first-order chi connectivity index (χ1) is 10.1. The summed E-state index contributed by atoms with van der Waals surface area (Å²) in [4.78, 5) is 11.1. The van der Waals surface area contributed by atoms with Gasteiger partial charge in [-0.2, -0.15) is 0 Å². The number of anilines is 1. The molecule has 0 fully saturated rings. The molecule has 3 rings (SSSR count). The Balaban J connectivity index is 1.89. The normalized spacial score (nSPS) is 10.8. The first kappa shape index (κ1) is 13.4. The van der Waals surface area contributed by atoms with Crippen LogP contribution >= 0.6 is 0 Å². The summed E-state index contributed by atoms with van der Waals surface area (Å²) in [5, 5.41) is 3.95. The quantitative estimate of drug-likeness (QED) is 0.773. The molecule has 1 heterocycles. The van der Waals surface area contributed by atoms with Gasteiger partial charge in [0.15, 0.2) is 0 Å². The molecule has 0 bridgehead atoms. The number of hydrogen-bond donors (Lipinski definition) is 1. The maximum absolute atomic E-state index is 11.1. The average molecular weight is 278 g/mol. The van der Waals surface area contributed by atoms with Crippen molar-refractivity contribution in [3.63, 3.8) is 0 Å². The van der Waals surface area contributed by atoms with Crippen molar-refractivity contribution in [3.05, 3.63) is 65.9 Å². The average Bonchev–Trinajstić information content (AvgIpc) is 2.83. The summed E-state index contributed by atoms with van der Waals surface area (Å²) >= 11 is 0. The van der Waals surface area contributed by atoms with Gasteiger partial charge < -0.3 is 9.88 Å². The van der Waals surface area contributed by atoms with Crippen LogP contribution in [0.3, 0.4) is 0 Å². The van der Waals surface area contributed by atoms with E-state index >= 15 is 0 Å². The highest BCUT2D eigenvalue weighted by molar-refractivity contribution is 5.92. The lowest BCUT2D eigenvalue weighted by molar-refractivity contribution is -0.114. The number of aryl methyl sites for hydroxylation is 1. The van der Waals surface area contributed by atoms with Crippen molar-refractivity contribution in [3.8, 4) is 0 Å². The summed E-state index contributed by atoms with van der Waals surface area (Å²) in [6.07, 6.45) is 2.09. The number of nitrogens with one attached hydrogen (secondary N) is 1. The molecule has 21 heavy (non-hydrogen) atoms. The van der Waals surface area contributed by atoms with Gasteiger partial charge in [0, 0.05) is 36.3 Å². The number of carbonyl (C=O) groups is 1. The van der Waals surface area contributed by atoms with Crippen molar-refractivity contribution in [2.45, 2.75) is 20.4 Å². The third-order valence-electron chi connectivity index (χ3n) is 3.56. The Morgan fingerprint density at radius 1 is 1.10 bits per heavy atom. The molecule has 3 nitrogen and oxygen atoms in total. The second kappa shape index (κ2) is 5.44. The zero-order chi connectivity index (χ0) is 14.8. The molecule has 1 aromatic heterocycles. The predicted molar refractivity (Wildman–Crippen MR) is 86.5 cm³/mol. The smallest absolute Gasteiger partial charge is 0.221 e. The lowest BCUT2D eigenvalue weighted by Gasteiger charge is -2.07. The zero-order valence-corrected chi connectivity index (χ0v) is 12.3. The zero-order valence-electron chi connectivity index (χ0n) is 12.3. The molecule has 3 aromatic rings. The van der Waals surface area contributed by atoms with Gasteiger partial charge in [0.05, 0.1) is 0 Å². The van der Waals surface area contributed by atoms with Crippen LogP contribution in [0.5, 0.6) is 0 Å². The van der Waals surface area contributed by atoms with E-state index in [0.29, 0.717) is 0 Å². The number of aromatic nitrogens is 1. The van der Waals surface area contributed by atoms with Gasteiger partial charge in [0.2, 0.25) is 5.91 Å². The summed E-state index contributed by atoms with van der Waals surface area (Å²) in [5.41, 5.74) is 4.56. The van der Waals surface area contributed by atoms with Crippen LogP contribution in [0, 0.1) is 6.92 Å². The second-order valence-corrected chi connectivity index (χ2v) is 5.38. The van der Waals surface area contributed by atoms with Crippen LogP contribution in [0.4, 0.5) is 5.69 Å². The lowest BCUT2D eigenvalue weighted by atomic mass is 10.1. The molecule has 0 aliphatic rings. The van der Waals surface area contributed by atoms with Gasteiger partial charge in [-0.05, 0) is 36.8 Å². The predicted octanol–water partition coefficient (Wildman–Crippen LogP) is 3.96. The number of carbonyl (C=O) groups excluding carboxylic acids is 1. The monoisotopic (exact) mass is 278 g/mol. The van der Waals surface area contributed by atoms with Gasteiger partial charge in [-0.15, -0.1) is 0 Å². The molecule has 0 aliphatic carbocycles. The van der Waals surface area contributed by atoms with E-state index in [2.05, 4.69) is 59.4 Å². The van der Waals surface area contributed by atoms with Crippen molar-refractivity contribution >= 4 is 22.5 Å². The van der Waals surface area contributed by atoms with Gasteiger partial charge in [-0.3, -0.25) is 4.79 Å². The Hall–Kier alpha value is -2.55. The third-order valence-corrected chi connectivity index (χ3v) is 3.56. The standard InChI is InChI=1S/C18H18N2O/c1-13-3-5-15(6-4-13)12-20-10-9-16-11-17(19-14(2)21)7-8-18(16)20/h3-11H,12H2,1-2H3,(H,19,21). The van der Waals surface area contributed by atoms with Crippen LogP contribution in [0.15, 0.2) is 54.7 Å². The fourth-order valence-corrected chi connectivity index (χ4v) is 2.51. The maximum Gasteiger partial charge on any atom is 0.221 e. The van der Waals surface area contributed by atoms with Gasteiger partial charge in [-0.25, -0.2) is 0 Å². The molecule has 1 amide bonds. The molecule has 0 aliphatic heterocycles. The number of fused-ring (bicyclic) bond motifs is 1. The van der Waals surface area contributed by atoms with E-state index in [9.17, 15) is 4.79 Å². The Morgan fingerprint density at radius 3 is 2.57 bits per heavy atom. The van der Waals surface area contributed by atoms with Crippen LogP contribution in [-0.2, 0) is 11.3 Å². The van der Waals surface area contributed by atoms with E-state index in [1.807, 2.05) is 12.1 Å². The van der Waals surface area contributed by atoms with Gasteiger partial charge in [0.25, 0.3) is 0 Å². The van der Waals surface area contributed by atoms with Crippen LogP contribution in [-0.4, -0.2) is 10.5 Å². The molecule has 2 aromatic carbocycles. The van der Waals surface area contributed by atoms with Gasteiger partial charge in [0.1, 0.15) is 0 Å². The molecular formula is C18H18N2O. The van der Waals surface area contributed by atoms with E-state index in [-0.39, 0.29) is 5.91 Å². The van der Waals surface area contributed by atoms with Crippen LogP contribution < -0.4 is 5.32 Å². The van der Waals surface area contributed by atoms with Crippen LogP contribution in [0.25, 0.3) is 10.9 Å². The van der Waals surface area contributed by atoms with E-state index in [0.717, 1.165) is 17.6 Å². The highest BCUT2D eigenvalue weighted by Gasteiger charge is 2.04. The summed E-state index contributed by atoms with van der Waals surface area (Å²) in [6, 6.07) is 16.7. The van der Waals surface area contributed by atoms with Crippen LogP contribution in [0.1, 0.15) is 18.1 Å². The molecule has 3 heteroatoms. The minimum absolute atomic E-state index is 0.0477. The SMILES string of the molecule is CC(=O)Nc1ccc2c(ccn2Cc2ccc(C)cc2)c1. The lowest BCUT2D eigenvalue weighted by Crippen LogP contribution is -2.05. The van der Waals surface area contributed by atoms with E-state index in [4.69, 9.17) is 0 Å². The molecule has 1 N–H and O–H groups in total. The fraction of sp³-hybridized carbons (Fsp3) is 0.167.